The minimum atomic E-state index is -0.516. The second-order valence-corrected chi connectivity index (χ2v) is 14.6. The molecular weight excluding hydrogens is 675 g/mol. The zero-order chi connectivity index (χ0) is 36.5. The molecular formula is C50H33N3O2. The summed E-state index contributed by atoms with van der Waals surface area (Å²) in [6.45, 7) is 2.23. The standard InChI is InChI=1S/C50H33N3O2/c1-50(28-27-33-23-26-35(29-36(33)30-50)37-15-10-20-44-45(37)40-14-6-8-19-43(40)54-44)49-52-47(34-24-21-32(22-25-34)31-11-3-2-4-12-31)51-48(53-49)41-17-9-16-39-38-13-5-7-18-42(38)55-46(39)41/h2-29H,30H2,1H3. The van der Waals surface area contributed by atoms with Crippen LogP contribution in [0.25, 0.3) is 95.0 Å². The molecule has 7 aromatic carbocycles. The van der Waals surface area contributed by atoms with E-state index in [1.807, 2.05) is 48.5 Å². The molecule has 1 aliphatic carbocycles. The molecule has 0 saturated carbocycles. The Morgan fingerprint density at radius 1 is 0.491 bits per heavy atom. The Morgan fingerprint density at radius 3 is 1.98 bits per heavy atom. The quantitative estimate of drug-likeness (QED) is 0.178. The van der Waals surface area contributed by atoms with E-state index in [9.17, 15) is 0 Å². The fourth-order valence-corrected chi connectivity index (χ4v) is 8.23. The maximum Gasteiger partial charge on any atom is 0.167 e. The van der Waals surface area contributed by atoms with Crippen molar-refractivity contribution < 1.29 is 8.83 Å². The molecule has 0 aliphatic heterocycles. The van der Waals surface area contributed by atoms with Crippen molar-refractivity contribution in [3.63, 3.8) is 0 Å². The molecule has 0 N–H and O–H groups in total. The van der Waals surface area contributed by atoms with Crippen molar-refractivity contribution >= 4 is 50.0 Å². The van der Waals surface area contributed by atoms with E-state index in [4.69, 9.17) is 23.8 Å². The third-order valence-electron chi connectivity index (χ3n) is 11.1. The van der Waals surface area contributed by atoms with E-state index in [0.29, 0.717) is 17.5 Å². The van der Waals surface area contributed by atoms with E-state index in [1.165, 1.54) is 11.1 Å². The number of para-hydroxylation sites is 3. The average molecular weight is 708 g/mol. The highest BCUT2D eigenvalue weighted by Crippen LogP contribution is 2.41. The number of fused-ring (bicyclic) bond motifs is 7. The number of hydrogen-bond donors (Lipinski definition) is 0. The molecule has 5 nitrogen and oxygen atoms in total. The first-order chi connectivity index (χ1) is 27.1. The van der Waals surface area contributed by atoms with Crippen LogP contribution in [0.2, 0.25) is 0 Å². The lowest BCUT2D eigenvalue weighted by Gasteiger charge is -2.30. The van der Waals surface area contributed by atoms with Crippen LogP contribution in [0.5, 0.6) is 0 Å². The monoisotopic (exact) mass is 707 g/mol. The van der Waals surface area contributed by atoms with Gasteiger partial charge in [0.2, 0.25) is 0 Å². The van der Waals surface area contributed by atoms with E-state index >= 15 is 0 Å². The van der Waals surface area contributed by atoms with E-state index in [0.717, 1.165) is 83.7 Å². The number of allylic oxidation sites excluding steroid dienone is 1. The summed E-state index contributed by atoms with van der Waals surface area (Å²) < 4.78 is 12.7. The molecule has 0 spiro atoms. The van der Waals surface area contributed by atoms with Crippen molar-refractivity contribution in [2.45, 2.75) is 18.8 Å². The Kier molecular flexibility index (Phi) is 6.98. The Balaban J connectivity index is 1.05. The lowest BCUT2D eigenvalue weighted by molar-refractivity contribution is 0.544. The van der Waals surface area contributed by atoms with Crippen LogP contribution in [0, 0.1) is 0 Å². The van der Waals surface area contributed by atoms with Crippen LogP contribution in [0.1, 0.15) is 23.9 Å². The topological polar surface area (TPSA) is 65.0 Å². The van der Waals surface area contributed by atoms with Crippen LogP contribution in [0.4, 0.5) is 0 Å². The van der Waals surface area contributed by atoms with Gasteiger partial charge in [-0.05, 0) is 71.0 Å². The zero-order valence-electron chi connectivity index (χ0n) is 30.0. The van der Waals surface area contributed by atoms with Gasteiger partial charge in [0.15, 0.2) is 11.6 Å². The van der Waals surface area contributed by atoms with Gasteiger partial charge in [-0.1, -0.05) is 146 Å². The molecule has 10 aromatic rings. The first-order valence-corrected chi connectivity index (χ1v) is 18.6. The van der Waals surface area contributed by atoms with Gasteiger partial charge in [0.1, 0.15) is 28.2 Å². The summed E-state index contributed by atoms with van der Waals surface area (Å²) in [4.78, 5) is 15.7. The van der Waals surface area contributed by atoms with Crippen LogP contribution in [-0.2, 0) is 11.8 Å². The molecule has 1 unspecified atom stereocenters. The van der Waals surface area contributed by atoms with E-state index in [1.54, 1.807) is 0 Å². The summed E-state index contributed by atoms with van der Waals surface area (Å²) in [7, 11) is 0. The number of hydrogen-bond acceptors (Lipinski definition) is 5. The predicted molar refractivity (Wildman–Crippen MR) is 223 cm³/mol. The summed E-state index contributed by atoms with van der Waals surface area (Å²) in [5, 5.41) is 4.36. The summed E-state index contributed by atoms with van der Waals surface area (Å²) in [5.41, 5.74) is 11.7. The first kappa shape index (κ1) is 31.4. The average Bonchev–Trinajstić information content (AvgIpc) is 3.82. The number of aromatic nitrogens is 3. The molecule has 0 radical (unpaired) electrons. The van der Waals surface area contributed by atoms with Gasteiger partial charge >= 0.3 is 0 Å². The SMILES string of the molecule is CC1(c2nc(-c3ccc(-c4ccccc4)cc3)nc(-c3cccc4c3oc3ccccc34)n2)C=Cc2ccc(-c3cccc4oc5ccccc5c34)cc2C1. The maximum absolute atomic E-state index is 6.49. The summed E-state index contributed by atoms with van der Waals surface area (Å²) in [5.74, 6) is 1.92. The van der Waals surface area contributed by atoms with Crippen LogP contribution in [-0.4, -0.2) is 15.0 Å². The van der Waals surface area contributed by atoms with E-state index in [-0.39, 0.29) is 0 Å². The lowest BCUT2D eigenvalue weighted by Crippen LogP contribution is -2.28. The van der Waals surface area contributed by atoms with Gasteiger partial charge in [-0.2, -0.15) is 0 Å². The first-order valence-electron chi connectivity index (χ1n) is 18.6. The van der Waals surface area contributed by atoms with Crippen molar-refractivity contribution in [3.05, 3.63) is 181 Å². The fourth-order valence-electron chi connectivity index (χ4n) is 8.23. The Bertz CT molecular complexity index is 3140. The van der Waals surface area contributed by atoms with Gasteiger partial charge in [0.05, 0.1) is 5.56 Å². The van der Waals surface area contributed by atoms with Crippen molar-refractivity contribution in [1.82, 2.24) is 15.0 Å². The Hall–Kier alpha value is -7.11. The minimum absolute atomic E-state index is 0.516. The van der Waals surface area contributed by atoms with Crippen molar-refractivity contribution in [2.75, 3.05) is 0 Å². The molecule has 0 saturated heterocycles. The molecule has 3 heterocycles. The zero-order valence-corrected chi connectivity index (χ0v) is 30.0. The Labute approximate surface area is 317 Å². The second-order valence-electron chi connectivity index (χ2n) is 14.6. The second kappa shape index (κ2) is 12.2. The minimum Gasteiger partial charge on any atom is -0.456 e. The van der Waals surface area contributed by atoms with E-state index < -0.39 is 5.41 Å². The lowest BCUT2D eigenvalue weighted by atomic mass is 9.76. The largest absolute Gasteiger partial charge is 0.456 e. The summed E-state index contributed by atoms with van der Waals surface area (Å²) in [6.07, 6.45) is 5.19. The van der Waals surface area contributed by atoms with E-state index in [2.05, 4.69) is 128 Å². The molecule has 0 fully saturated rings. The molecule has 0 bridgehead atoms. The summed E-state index contributed by atoms with van der Waals surface area (Å²) >= 11 is 0. The molecule has 55 heavy (non-hydrogen) atoms. The molecule has 0 amide bonds. The fraction of sp³-hybridized carbons (Fsp3) is 0.0600. The predicted octanol–water partition coefficient (Wildman–Crippen LogP) is 12.9. The van der Waals surface area contributed by atoms with Gasteiger partial charge in [-0.3, -0.25) is 0 Å². The highest BCUT2D eigenvalue weighted by atomic mass is 16.3. The summed E-state index contributed by atoms with van der Waals surface area (Å²) in [6, 6.07) is 54.6. The highest BCUT2D eigenvalue weighted by Gasteiger charge is 2.33. The van der Waals surface area contributed by atoms with Gasteiger partial charge in [-0.15, -0.1) is 0 Å². The van der Waals surface area contributed by atoms with Gasteiger partial charge in [-0.25, -0.2) is 15.0 Å². The van der Waals surface area contributed by atoms with Crippen molar-refractivity contribution in [2.24, 2.45) is 0 Å². The number of furan rings is 2. The van der Waals surface area contributed by atoms with Crippen molar-refractivity contribution in [3.8, 4) is 45.0 Å². The molecule has 1 aliphatic rings. The third kappa shape index (κ3) is 5.19. The number of nitrogens with zero attached hydrogens (tertiary/aromatic N) is 3. The highest BCUT2D eigenvalue weighted by molar-refractivity contribution is 6.12. The number of rotatable bonds is 5. The smallest absolute Gasteiger partial charge is 0.167 e. The number of benzene rings is 7. The normalized spacial score (nSPS) is 15.3. The Morgan fingerprint density at radius 2 is 1.13 bits per heavy atom. The molecule has 260 valence electrons. The molecule has 3 aromatic heterocycles. The van der Waals surface area contributed by atoms with Crippen molar-refractivity contribution in [1.29, 1.82) is 0 Å². The van der Waals surface area contributed by atoms with Gasteiger partial charge < -0.3 is 8.83 Å². The third-order valence-corrected chi connectivity index (χ3v) is 11.1. The van der Waals surface area contributed by atoms with Gasteiger partial charge in [0, 0.05) is 32.5 Å². The molecule has 1 atom stereocenters. The molecule has 11 rings (SSSR count). The van der Waals surface area contributed by atoms with Gasteiger partial charge in [0.25, 0.3) is 0 Å². The molecule has 5 heteroatoms. The van der Waals surface area contributed by atoms with Crippen LogP contribution in [0.15, 0.2) is 173 Å². The van der Waals surface area contributed by atoms with Crippen LogP contribution < -0.4 is 0 Å². The van der Waals surface area contributed by atoms with Crippen LogP contribution >= 0.6 is 0 Å². The maximum atomic E-state index is 6.49. The van der Waals surface area contributed by atoms with Crippen LogP contribution in [0.3, 0.4) is 0 Å².